The van der Waals surface area contributed by atoms with Crippen LogP contribution >= 0.6 is 15.9 Å². The second kappa shape index (κ2) is 5.12. The molecule has 0 spiro atoms. The minimum atomic E-state index is -3.65. The van der Waals surface area contributed by atoms with Crippen molar-refractivity contribution in [3.8, 4) is 0 Å². The second-order valence-corrected chi connectivity index (χ2v) is 5.81. The van der Waals surface area contributed by atoms with Gasteiger partial charge in [0.2, 0.25) is 5.03 Å². The van der Waals surface area contributed by atoms with Crippen molar-refractivity contribution in [2.24, 2.45) is 7.05 Å². The predicted octanol–water partition coefficient (Wildman–Crippen LogP) is -0.852. The third-order valence-electron chi connectivity index (χ3n) is 2.10. The Labute approximate surface area is 111 Å². The molecule has 2 aromatic rings. The van der Waals surface area contributed by atoms with Crippen molar-refractivity contribution in [1.29, 1.82) is 0 Å². The molecule has 0 atom stereocenters. The monoisotopic (exact) mass is 335 g/mol. The highest BCUT2D eigenvalue weighted by atomic mass is 79.9. The van der Waals surface area contributed by atoms with E-state index in [1.54, 1.807) is 6.20 Å². The quantitative estimate of drug-likeness (QED) is 0.762. The highest BCUT2D eigenvalue weighted by Gasteiger charge is 2.23. The van der Waals surface area contributed by atoms with Gasteiger partial charge in [0, 0.05) is 19.8 Å². The number of sulfonamides is 1. The Balaban J connectivity index is 2.04. The van der Waals surface area contributed by atoms with Gasteiger partial charge in [-0.25, -0.2) is 17.8 Å². The summed E-state index contributed by atoms with van der Waals surface area (Å²) in [6.07, 6.45) is 3.17. The van der Waals surface area contributed by atoms with Crippen molar-refractivity contribution in [1.82, 2.24) is 34.7 Å². The van der Waals surface area contributed by atoms with Crippen molar-refractivity contribution in [2.75, 3.05) is 6.54 Å². The maximum absolute atomic E-state index is 12.0. The standard InChI is InChI=1S/C7H10BrN7O2S/c1-14-7(6(8)11-13-14)18(16,17)10-3-5-15-4-2-9-12-15/h2,4,10H,3,5H2,1H3. The van der Waals surface area contributed by atoms with E-state index in [1.807, 2.05) is 0 Å². The van der Waals surface area contributed by atoms with Gasteiger partial charge in [-0.1, -0.05) is 10.4 Å². The molecule has 1 N–H and O–H groups in total. The molecule has 0 radical (unpaired) electrons. The number of aryl methyl sites for hydroxylation is 1. The number of hydrogen-bond acceptors (Lipinski definition) is 6. The van der Waals surface area contributed by atoms with Crippen LogP contribution in [0.15, 0.2) is 22.0 Å². The highest BCUT2D eigenvalue weighted by Crippen LogP contribution is 2.17. The van der Waals surface area contributed by atoms with E-state index in [2.05, 4.69) is 41.3 Å². The summed E-state index contributed by atoms with van der Waals surface area (Å²) in [7, 11) is -2.15. The zero-order valence-electron chi connectivity index (χ0n) is 9.35. The van der Waals surface area contributed by atoms with Gasteiger partial charge in [-0.2, -0.15) is 0 Å². The largest absolute Gasteiger partial charge is 0.260 e. The second-order valence-electron chi connectivity index (χ2n) is 3.37. The average molecular weight is 336 g/mol. The van der Waals surface area contributed by atoms with Crippen LogP contribution in [-0.2, 0) is 23.6 Å². The van der Waals surface area contributed by atoms with Gasteiger partial charge in [-0.15, -0.1) is 10.2 Å². The molecule has 18 heavy (non-hydrogen) atoms. The first-order chi connectivity index (χ1) is 8.50. The van der Waals surface area contributed by atoms with Gasteiger partial charge in [0.1, 0.15) is 0 Å². The summed E-state index contributed by atoms with van der Waals surface area (Å²) >= 11 is 3.04. The number of rotatable bonds is 5. The third-order valence-corrected chi connectivity index (χ3v) is 4.44. The van der Waals surface area contributed by atoms with E-state index in [9.17, 15) is 8.42 Å². The fourth-order valence-corrected chi connectivity index (χ4v) is 3.43. The van der Waals surface area contributed by atoms with Crippen molar-refractivity contribution >= 4 is 26.0 Å². The Hall–Kier alpha value is -1.33. The molecule has 98 valence electrons. The lowest BCUT2D eigenvalue weighted by molar-refractivity contribution is 0.540. The molecular formula is C7H10BrN7O2S. The Morgan fingerprint density at radius 2 is 2.22 bits per heavy atom. The summed E-state index contributed by atoms with van der Waals surface area (Å²) in [5.74, 6) is 0. The Morgan fingerprint density at radius 1 is 1.44 bits per heavy atom. The lowest BCUT2D eigenvalue weighted by Gasteiger charge is -2.06. The van der Waals surface area contributed by atoms with Crippen LogP contribution in [0.25, 0.3) is 0 Å². The maximum Gasteiger partial charge on any atom is 0.260 e. The molecule has 0 amide bonds. The average Bonchev–Trinajstić information content (AvgIpc) is 2.89. The molecule has 0 bridgehead atoms. The molecule has 0 unspecified atom stereocenters. The first-order valence-corrected chi connectivity index (χ1v) is 7.17. The zero-order chi connectivity index (χ0) is 13.2. The van der Waals surface area contributed by atoms with E-state index in [1.165, 1.54) is 22.6 Å². The fraction of sp³-hybridized carbons (Fsp3) is 0.429. The Kier molecular flexibility index (Phi) is 3.73. The molecular weight excluding hydrogens is 326 g/mol. The summed E-state index contributed by atoms with van der Waals surface area (Å²) in [5, 5.41) is 14.6. The molecule has 0 aliphatic carbocycles. The lowest BCUT2D eigenvalue weighted by Crippen LogP contribution is -2.29. The van der Waals surface area contributed by atoms with Gasteiger partial charge < -0.3 is 0 Å². The van der Waals surface area contributed by atoms with Crippen LogP contribution in [0.1, 0.15) is 0 Å². The number of halogens is 1. The minimum Gasteiger partial charge on any atom is -0.251 e. The molecule has 0 fully saturated rings. The number of nitrogens with zero attached hydrogens (tertiary/aromatic N) is 6. The number of hydrogen-bond donors (Lipinski definition) is 1. The van der Waals surface area contributed by atoms with Crippen LogP contribution in [0.3, 0.4) is 0 Å². The Morgan fingerprint density at radius 3 is 2.78 bits per heavy atom. The molecule has 0 aliphatic rings. The van der Waals surface area contributed by atoms with Crippen molar-refractivity contribution in [2.45, 2.75) is 11.6 Å². The van der Waals surface area contributed by atoms with E-state index in [-0.39, 0.29) is 16.2 Å². The van der Waals surface area contributed by atoms with Crippen LogP contribution < -0.4 is 4.72 Å². The van der Waals surface area contributed by atoms with Crippen LogP contribution in [-0.4, -0.2) is 45.0 Å². The van der Waals surface area contributed by atoms with Gasteiger partial charge in [0.05, 0.1) is 12.7 Å². The smallest absolute Gasteiger partial charge is 0.251 e. The fourth-order valence-electron chi connectivity index (χ4n) is 1.32. The van der Waals surface area contributed by atoms with Gasteiger partial charge >= 0.3 is 0 Å². The molecule has 0 saturated heterocycles. The topological polar surface area (TPSA) is 108 Å². The van der Waals surface area contributed by atoms with Crippen molar-refractivity contribution in [3.63, 3.8) is 0 Å². The van der Waals surface area contributed by atoms with Crippen LogP contribution in [0, 0.1) is 0 Å². The third kappa shape index (κ3) is 2.73. The predicted molar refractivity (Wildman–Crippen MR) is 63.9 cm³/mol. The van der Waals surface area contributed by atoms with Gasteiger partial charge in [-0.3, -0.25) is 4.68 Å². The first-order valence-electron chi connectivity index (χ1n) is 4.89. The lowest BCUT2D eigenvalue weighted by atomic mass is 10.6. The molecule has 2 rings (SSSR count). The molecule has 2 aromatic heterocycles. The minimum absolute atomic E-state index is 0.0129. The summed E-state index contributed by atoms with van der Waals surface area (Å²) in [5.41, 5.74) is 0. The van der Waals surface area contributed by atoms with Crippen LogP contribution in [0.2, 0.25) is 0 Å². The van der Waals surface area contributed by atoms with Crippen LogP contribution in [0.4, 0.5) is 0 Å². The molecule has 0 aliphatic heterocycles. The van der Waals surface area contributed by atoms with E-state index >= 15 is 0 Å². The highest BCUT2D eigenvalue weighted by molar-refractivity contribution is 9.10. The molecule has 0 saturated carbocycles. The summed E-state index contributed by atoms with van der Waals surface area (Å²) in [4.78, 5) is 0. The van der Waals surface area contributed by atoms with Gasteiger partial charge in [-0.05, 0) is 15.9 Å². The van der Waals surface area contributed by atoms with Gasteiger partial charge in [0.15, 0.2) is 4.60 Å². The van der Waals surface area contributed by atoms with E-state index in [4.69, 9.17) is 0 Å². The van der Waals surface area contributed by atoms with Crippen molar-refractivity contribution in [3.05, 3.63) is 17.0 Å². The molecule has 2 heterocycles. The molecule has 0 aromatic carbocycles. The first kappa shape index (κ1) is 13.1. The Bertz CT molecular complexity index is 601. The normalized spacial score (nSPS) is 11.9. The zero-order valence-corrected chi connectivity index (χ0v) is 11.8. The summed E-state index contributed by atoms with van der Waals surface area (Å²) in [6, 6.07) is 0. The van der Waals surface area contributed by atoms with E-state index < -0.39 is 10.0 Å². The SMILES string of the molecule is Cn1nnc(Br)c1S(=O)(=O)NCCn1ccnn1. The number of aromatic nitrogens is 6. The van der Waals surface area contributed by atoms with E-state index in [0.29, 0.717) is 6.54 Å². The van der Waals surface area contributed by atoms with E-state index in [0.717, 1.165) is 0 Å². The number of nitrogens with one attached hydrogen (secondary N) is 1. The van der Waals surface area contributed by atoms with Gasteiger partial charge in [0.25, 0.3) is 10.0 Å². The molecule has 11 heteroatoms. The summed E-state index contributed by atoms with van der Waals surface area (Å²) < 4.78 is 29.3. The summed E-state index contributed by atoms with van der Waals surface area (Å²) in [6.45, 7) is 0.589. The maximum atomic E-state index is 12.0. The van der Waals surface area contributed by atoms with Crippen LogP contribution in [0.5, 0.6) is 0 Å². The van der Waals surface area contributed by atoms with Crippen molar-refractivity contribution < 1.29 is 8.42 Å². The molecule has 9 nitrogen and oxygen atoms in total.